The second-order valence-corrected chi connectivity index (χ2v) is 6.45. The highest BCUT2D eigenvalue weighted by Crippen LogP contribution is 2.25. The number of nitrogens with one attached hydrogen (secondary N) is 2. The number of fused-ring (bicyclic) bond motifs is 1. The van der Waals surface area contributed by atoms with E-state index in [-0.39, 0.29) is 5.82 Å². The Hall–Kier alpha value is -2.92. The van der Waals surface area contributed by atoms with Gasteiger partial charge in [-0.2, -0.15) is 0 Å². The lowest BCUT2D eigenvalue weighted by Crippen LogP contribution is -2.26. The Balaban J connectivity index is 1.53. The van der Waals surface area contributed by atoms with E-state index in [0.717, 1.165) is 48.0 Å². The Bertz CT molecular complexity index is 882. The number of hydrogen-bond acceptors (Lipinski definition) is 4. The van der Waals surface area contributed by atoms with Crippen molar-refractivity contribution >= 4 is 17.2 Å². The zero-order chi connectivity index (χ0) is 17.8. The van der Waals surface area contributed by atoms with Crippen LogP contribution in [0.15, 0.2) is 66.9 Å². The lowest BCUT2D eigenvalue weighted by atomic mass is 10.1. The third kappa shape index (κ3) is 3.83. The SMILES string of the molecule is Fc1ccccc1CN1CCNc2cnc(Nc3ccccc3)cc2C1. The zero-order valence-corrected chi connectivity index (χ0v) is 14.5. The average molecular weight is 348 g/mol. The van der Waals surface area contributed by atoms with Gasteiger partial charge in [0.1, 0.15) is 11.6 Å². The van der Waals surface area contributed by atoms with Gasteiger partial charge in [-0.25, -0.2) is 9.37 Å². The molecule has 4 nitrogen and oxygen atoms in total. The van der Waals surface area contributed by atoms with Crippen LogP contribution in [0.25, 0.3) is 0 Å². The van der Waals surface area contributed by atoms with Gasteiger partial charge in [-0.05, 0) is 29.8 Å². The molecule has 1 aliphatic heterocycles. The number of benzene rings is 2. The first kappa shape index (κ1) is 16.5. The van der Waals surface area contributed by atoms with Gasteiger partial charge in [0.05, 0.1) is 11.9 Å². The van der Waals surface area contributed by atoms with Gasteiger partial charge in [0, 0.05) is 37.4 Å². The van der Waals surface area contributed by atoms with Crippen LogP contribution >= 0.6 is 0 Å². The molecule has 26 heavy (non-hydrogen) atoms. The number of hydrogen-bond donors (Lipinski definition) is 2. The molecular formula is C21H21FN4. The molecule has 2 aromatic carbocycles. The van der Waals surface area contributed by atoms with E-state index in [4.69, 9.17) is 0 Å². The van der Waals surface area contributed by atoms with Crippen molar-refractivity contribution in [1.29, 1.82) is 0 Å². The van der Waals surface area contributed by atoms with E-state index in [0.29, 0.717) is 6.54 Å². The fourth-order valence-electron chi connectivity index (χ4n) is 3.20. The number of pyridine rings is 1. The van der Waals surface area contributed by atoms with Crippen LogP contribution < -0.4 is 10.6 Å². The van der Waals surface area contributed by atoms with Gasteiger partial charge >= 0.3 is 0 Å². The number of aromatic nitrogens is 1. The maximum absolute atomic E-state index is 14.0. The third-order valence-electron chi connectivity index (χ3n) is 4.53. The number of rotatable bonds is 4. The molecular weight excluding hydrogens is 327 g/mol. The molecule has 0 aliphatic carbocycles. The summed E-state index contributed by atoms with van der Waals surface area (Å²) in [5.74, 6) is 0.663. The Morgan fingerprint density at radius 2 is 1.88 bits per heavy atom. The van der Waals surface area contributed by atoms with Crippen LogP contribution in [0.4, 0.5) is 21.6 Å². The molecule has 0 atom stereocenters. The number of halogens is 1. The molecule has 0 radical (unpaired) electrons. The Kier molecular flexibility index (Phi) is 4.80. The second kappa shape index (κ2) is 7.54. The van der Waals surface area contributed by atoms with Crippen LogP contribution in [0.2, 0.25) is 0 Å². The van der Waals surface area contributed by atoms with E-state index in [1.807, 2.05) is 48.7 Å². The Morgan fingerprint density at radius 3 is 2.73 bits per heavy atom. The number of anilines is 3. The van der Waals surface area contributed by atoms with Crippen LogP contribution in [-0.4, -0.2) is 23.0 Å². The molecule has 0 saturated heterocycles. The zero-order valence-electron chi connectivity index (χ0n) is 14.5. The van der Waals surface area contributed by atoms with Crippen molar-refractivity contribution in [2.75, 3.05) is 23.7 Å². The first-order valence-electron chi connectivity index (χ1n) is 8.78. The molecule has 1 aromatic heterocycles. The summed E-state index contributed by atoms with van der Waals surface area (Å²) in [4.78, 5) is 6.75. The first-order valence-corrected chi connectivity index (χ1v) is 8.78. The summed E-state index contributed by atoms with van der Waals surface area (Å²) in [5, 5.41) is 6.75. The van der Waals surface area contributed by atoms with Crippen molar-refractivity contribution in [1.82, 2.24) is 9.88 Å². The molecule has 0 amide bonds. The van der Waals surface area contributed by atoms with Crippen LogP contribution in [0.5, 0.6) is 0 Å². The predicted molar refractivity (Wildman–Crippen MR) is 103 cm³/mol. The molecule has 0 saturated carbocycles. The van der Waals surface area contributed by atoms with Gasteiger partial charge in [0.2, 0.25) is 0 Å². The van der Waals surface area contributed by atoms with E-state index in [2.05, 4.69) is 26.6 Å². The summed E-state index contributed by atoms with van der Waals surface area (Å²) in [6.07, 6.45) is 1.87. The van der Waals surface area contributed by atoms with Gasteiger partial charge in [-0.1, -0.05) is 36.4 Å². The van der Waals surface area contributed by atoms with Gasteiger partial charge in [-0.3, -0.25) is 4.90 Å². The van der Waals surface area contributed by atoms with Crippen molar-refractivity contribution in [3.8, 4) is 0 Å². The van der Waals surface area contributed by atoms with Crippen molar-refractivity contribution in [3.63, 3.8) is 0 Å². The van der Waals surface area contributed by atoms with Crippen LogP contribution in [0.1, 0.15) is 11.1 Å². The van der Waals surface area contributed by atoms with Gasteiger partial charge < -0.3 is 10.6 Å². The number of para-hydroxylation sites is 1. The minimum absolute atomic E-state index is 0.147. The quantitative estimate of drug-likeness (QED) is 0.733. The van der Waals surface area contributed by atoms with E-state index in [9.17, 15) is 4.39 Å². The molecule has 0 spiro atoms. The van der Waals surface area contributed by atoms with Crippen LogP contribution in [0.3, 0.4) is 0 Å². The summed E-state index contributed by atoms with van der Waals surface area (Å²) in [5.41, 5.74) is 3.93. The van der Waals surface area contributed by atoms with Crippen molar-refractivity contribution in [3.05, 3.63) is 83.8 Å². The minimum atomic E-state index is -0.147. The lowest BCUT2D eigenvalue weighted by Gasteiger charge is -2.20. The summed E-state index contributed by atoms with van der Waals surface area (Å²) >= 11 is 0. The van der Waals surface area contributed by atoms with E-state index in [1.54, 1.807) is 6.07 Å². The normalized spacial score (nSPS) is 14.2. The molecule has 2 heterocycles. The van der Waals surface area contributed by atoms with E-state index in [1.165, 1.54) is 6.07 Å². The fraction of sp³-hybridized carbons (Fsp3) is 0.190. The monoisotopic (exact) mass is 348 g/mol. The van der Waals surface area contributed by atoms with Gasteiger partial charge in [0.25, 0.3) is 0 Å². The largest absolute Gasteiger partial charge is 0.382 e. The van der Waals surface area contributed by atoms with Gasteiger partial charge in [-0.15, -0.1) is 0 Å². The molecule has 5 heteroatoms. The summed E-state index contributed by atoms with van der Waals surface area (Å²) in [7, 11) is 0. The highest BCUT2D eigenvalue weighted by Gasteiger charge is 2.16. The maximum atomic E-state index is 14.0. The van der Waals surface area contributed by atoms with E-state index < -0.39 is 0 Å². The first-order chi connectivity index (χ1) is 12.8. The van der Waals surface area contributed by atoms with Crippen molar-refractivity contribution in [2.45, 2.75) is 13.1 Å². The molecule has 132 valence electrons. The molecule has 1 aliphatic rings. The van der Waals surface area contributed by atoms with Crippen LogP contribution in [-0.2, 0) is 13.1 Å². The molecule has 0 unspecified atom stereocenters. The number of nitrogens with zero attached hydrogens (tertiary/aromatic N) is 2. The summed E-state index contributed by atoms with van der Waals surface area (Å²) < 4.78 is 14.0. The molecule has 2 N–H and O–H groups in total. The Morgan fingerprint density at radius 1 is 1.08 bits per heavy atom. The average Bonchev–Trinajstić information content (AvgIpc) is 2.86. The van der Waals surface area contributed by atoms with Crippen LogP contribution in [0, 0.1) is 5.82 Å². The smallest absolute Gasteiger partial charge is 0.130 e. The Labute approximate surface area is 152 Å². The second-order valence-electron chi connectivity index (χ2n) is 6.45. The highest BCUT2D eigenvalue weighted by atomic mass is 19.1. The van der Waals surface area contributed by atoms with Crippen molar-refractivity contribution in [2.24, 2.45) is 0 Å². The minimum Gasteiger partial charge on any atom is -0.382 e. The van der Waals surface area contributed by atoms with Gasteiger partial charge in [0.15, 0.2) is 0 Å². The molecule has 0 bridgehead atoms. The summed E-state index contributed by atoms with van der Waals surface area (Å²) in [6.45, 7) is 3.01. The third-order valence-corrected chi connectivity index (χ3v) is 4.53. The molecule has 3 aromatic rings. The predicted octanol–water partition coefficient (Wildman–Crippen LogP) is 4.39. The fourth-order valence-corrected chi connectivity index (χ4v) is 3.20. The topological polar surface area (TPSA) is 40.2 Å². The van der Waals surface area contributed by atoms with E-state index >= 15 is 0 Å². The summed E-state index contributed by atoms with van der Waals surface area (Å²) in [6, 6.07) is 19.0. The lowest BCUT2D eigenvalue weighted by molar-refractivity contribution is 0.268. The molecule has 0 fully saturated rings. The maximum Gasteiger partial charge on any atom is 0.130 e. The van der Waals surface area contributed by atoms with Crippen molar-refractivity contribution < 1.29 is 4.39 Å². The highest BCUT2D eigenvalue weighted by molar-refractivity contribution is 5.61. The standard InChI is InChI=1S/C21H21FN4/c22-19-9-5-4-6-16(19)14-26-11-10-23-20-13-24-21(12-17(20)15-26)25-18-7-2-1-3-8-18/h1-9,12-13,23H,10-11,14-15H2,(H,24,25). The molecule has 4 rings (SSSR count).